The predicted octanol–water partition coefficient (Wildman–Crippen LogP) is 0.329. The van der Waals surface area contributed by atoms with Crippen LogP contribution in [0.1, 0.15) is 30.0 Å². The monoisotopic (exact) mass is 348 g/mol. The molecule has 0 heterocycles. The summed E-state index contributed by atoms with van der Waals surface area (Å²) in [6.45, 7) is 6.05. The van der Waals surface area contributed by atoms with Crippen LogP contribution in [0.3, 0.4) is 0 Å². The number of aliphatic hydroxyl groups is 1. The van der Waals surface area contributed by atoms with Crippen LogP contribution in [-0.2, 0) is 6.42 Å². The second-order valence-electron chi connectivity index (χ2n) is 6.03. The highest BCUT2D eigenvalue weighted by Gasteiger charge is 2.05. The van der Waals surface area contributed by atoms with Gasteiger partial charge in [-0.1, -0.05) is 48.0 Å². The number of ether oxygens (including phenoxy) is 1. The van der Waals surface area contributed by atoms with Crippen molar-refractivity contribution in [2.75, 3.05) is 19.7 Å². The number of aryl methyl sites for hydroxylation is 1. The Balaban J connectivity index is 0.00000288. The zero-order valence-electron chi connectivity index (χ0n) is 14.5. The third-order valence-corrected chi connectivity index (χ3v) is 3.65. The van der Waals surface area contributed by atoms with Crippen LogP contribution >= 0.6 is 0 Å². The quantitative estimate of drug-likeness (QED) is 0.642. The Morgan fingerprint density at radius 3 is 2.58 bits per heavy atom. The van der Waals surface area contributed by atoms with Crippen LogP contribution in [0.4, 0.5) is 0 Å². The van der Waals surface area contributed by atoms with Crippen LogP contribution in [-0.4, -0.2) is 30.9 Å². The highest BCUT2D eigenvalue weighted by atomic mass is 35.5. The lowest BCUT2D eigenvalue weighted by Crippen LogP contribution is -3.00. The molecule has 0 radical (unpaired) electrons. The second kappa shape index (κ2) is 11.1. The number of rotatable bonds is 9. The molecule has 2 N–H and O–H groups in total. The van der Waals surface area contributed by atoms with Crippen LogP contribution < -0.4 is 22.5 Å². The smallest absolute Gasteiger partial charge is 0.122 e. The van der Waals surface area contributed by atoms with E-state index in [2.05, 4.69) is 54.7 Å². The molecule has 3 nitrogen and oxygen atoms in total. The molecule has 1 atom stereocenters. The van der Waals surface area contributed by atoms with Gasteiger partial charge in [-0.2, -0.15) is 0 Å². The average Bonchev–Trinajstić information content (AvgIpc) is 2.53. The molecular formula is C20H27ClNO2-. The number of nitrogens with one attached hydrogen (secondary N) is 1. The highest BCUT2D eigenvalue weighted by Crippen LogP contribution is 2.23. The van der Waals surface area contributed by atoms with Crippen molar-refractivity contribution in [2.24, 2.45) is 0 Å². The van der Waals surface area contributed by atoms with Gasteiger partial charge in [0.1, 0.15) is 5.75 Å². The molecule has 0 aliphatic carbocycles. The van der Waals surface area contributed by atoms with Crippen molar-refractivity contribution < 1.29 is 22.3 Å². The number of halogens is 1. The van der Waals surface area contributed by atoms with Gasteiger partial charge in [-0.15, -0.1) is 0 Å². The number of hydrogen-bond donors (Lipinski definition) is 2. The Kier molecular flexibility index (Phi) is 9.46. The maximum absolute atomic E-state index is 9.20. The third kappa shape index (κ3) is 7.35. The van der Waals surface area contributed by atoms with Crippen molar-refractivity contribution in [3.05, 3.63) is 65.2 Å². The first kappa shape index (κ1) is 20.5. The molecule has 0 bridgehead atoms. The summed E-state index contributed by atoms with van der Waals surface area (Å²) in [5, 5.41) is 12.4. The van der Waals surface area contributed by atoms with Gasteiger partial charge in [0, 0.05) is 13.0 Å². The molecule has 4 heteroatoms. The van der Waals surface area contributed by atoms with Gasteiger partial charge in [-0.05, 0) is 44.0 Å². The second-order valence-corrected chi connectivity index (χ2v) is 6.03. The Morgan fingerprint density at radius 1 is 1.12 bits per heavy atom. The SMILES string of the molecule is Cc1ccc(OCCCNCC(C)O)c(Cc2ccccc2)c1.[Cl-]. The van der Waals surface area contributed by atoms with Crippen molar-refractivity contribution in [3.63, 3.8) is 0 Å². The van der Waals surface area contributed by atoms with E-state index in [1.54, 1.807) is 6.92 Å². The van der Waals surface area contributed by atoms with Crippen molar-refractivity contribution in [1.82, 2.24) is 5.32 Å². The largest absolute Gasteiger partial charge is 1.00 e. The molecule has 24 heavy (non-hydrogen) atoms. The Bertz CT molecular complexity index is 587. The van der Waals surface area contributed by atoms with Gasteiger partial charge < -0.3 is 27.6 Å². The molecule has 0 saturated carbocycles. The Labute approximate surface area is 151 Å². The topological polar surface area (TPSA) is 41.5 Å². The van der Waals surface area contributed by atoms with Gasteiger partial charge in [0.05, 0.1) is 12.7 Å². The van der Waals surface area contributed by atoms with E-state index in [0.717, 1.165) is 25.1 Å². The van der Waals surface area contributed by atoms with Gasteiger partial charge >= 0.3 is 0 Å². The lowest BCUT2D eigenvalue weighted by atomic mass is 10.0. The molecule has 0 aliphatic rings. The molecule has 2 aromatic rings. The molecule has 132 valence electrons. The van der Waals surface area contributed by atoms with E-state index >= 15 is 0 Å². The summed E-state index contributed by atoms with van der Waals surface area (Å²) in [6.07, 6.45) is 1.51. The first-order valence-corrected chi connectivity index (χ1v) is 8.30. The van der Waals surface area contributed by atoms with Gasteiger partial charge in [-0.25, -0.2) is 0 Å². The summed E-state index contributed by atoms with van der Waals surface area (Å²) in [7, 11) is 0. The molecule has 0 aromatic heterocycles. The van der Waals surface area contributed by atoms with Crippen LogP contribution in [0.2, 0.25) is 0 Å². The molecule has 0 saturated heterocycles. The molecule has 0 spiro atoms. The normalized spacial score (nSPS) is 11.6. The average molecular weight is 349 g/mol. The summed E-state index contributed by atoms with van der Waals surface area (Å²) < 4.78 is 5.97. The summed E-state index contributed by atoms with van der Waals surface area (Å²) in [4.78, 5) is 0. The van der Waals surface area contributed by atoms with Crippen LogP contribution in [0.5, 0.6) is 5.75 Å². The van der Waals surface area contributed by atoms with Crippen LogP contribution in [0.25, 0.3) is 0 Å². The van der Waals surface area contributed by atoms with E-state index in [0.29, 0.717) is 13.2 Å². The first-order chi connectivity index (χ1) is 11.1. The third-order valence-electron chi connectivity index (χ3n) is 3.65. The van der Waals surface area contributed by atoms with Crippen molar-refractivity contribution >= 4 is 0 Å². The zero-order valence-corrected chi connectivity index (χ0v) is 15.2. The van der Waals surface area contributed by atoms with Crippen LogP contribution in [0.15, 0.2) is 48.5 Å². The minimum Gasteiger partial charge on any atom is -1.00 e. The summed E-state index contributed by atoms with van der Waals surface area (Å²) in [6, 6.07) is 16.8. The molecular weight excluding hydrogens is 322 g/mol. The summed E-state index contributed by atoms with van der Waals surface area (Å²) in [5.74, 6) is 0.968. The van der Waals surface area contributed by atoms with Crippen molar-refractivity contribution in [3.8, 4) is 5.75 Å². The van der Waals surface area contributed by atoms with E-state index in [-0.39, 0.29) is 18.5 Å². The minimum atomic E-state index is -0.300. The van der Waals surface area contributed by atoms with Crippen molar-refractivity contribution in [1.29, 1.82) is 0 Å². The van der Waals surface area contributed by atoms with Gasteiger partial charge in [0.25, 0.3) is 0 Å². The van der Waals surface area contributed by atoms with Crippen molar-refractivity contribution in [2.45, 2.75) is 32.8 Å². The number of hydrogen-bond acceptors (Lipinski definition) is 3. The predicted molar refractivity (Wildman–Crippen MR) is 95.1 cm³/mol. The van der Waals surface area contributed by atoms with Gasteiger partial charge in [-0.3, -0.25) is 0 Å². The first-order valence-electron chi connectivity index (χ1n) is 8.30. The fraction of sp³-hybridized carbons (Fsp3) is 0.400. The summed E-state index contributed by atoms with van der Waals surface area (Å²) >= 11 is 0. The maximum atomic E-state index is 9.20. The molecule has 0 amide bonds. The highest BCUT2D eigenvalue weighted by molar-refractivity contribution is 5.40. The summed E-state index contributed by atoms with van der Waals surface area (Å²) in [5.41, 5.74) is 3.77. The molecule has 0 aliphatic heterocycles. The van der Waals surface area contributed by atoms with Crippen LogP contribution in [0, 0.1) is 6.92 Å². The standard InChI is InChI=1S/C20H27NO2.ClH/c1-16-9-10-20(23-12-6-11-21-15-17(2)22)19(13-16)14-18-7-4-3-5-8-18;/h3-5,7-10,13,17,21-22H,6,11-12,14-15H2,1-2H3;1H/p-1. The molecule has 2 aromatic carbocycles. The zero-order chi connectivity index (χ0) is 16.5. The fourth-order valence-corrected chi connectivity index (χ4v) is 2.49. The number of benzene rings is 2. The Morgan fingerprint density at radius 2 is 1.88 bits per heavy atom. The Hall–Kier alpha value is -1.55. The lowest BCUT2D eigenvalue weighted by Gasteiger charge is -2.13. The minimum absolute atomic E-state index is 0. The van der Waals surface area contributed by atoms with E-state index in [4.69, 9.17) is 4.74 Å². The van der Waals surface area contributed by atoms with E-state index in [1.807, 2.05) is 6.07 Å². The van der Waals surface area contributed by atoms with E-state index in [9.17, 15) is 5.11 Å². The van der Waals surface area contributed by atoms with Gasteiger partial charge in [0.15, 0.2) is 0 Å². The lowest BCUT2D eigenvalue weighted by molar-refractivity contribution is -0.00000738. The van der Waals surface area contributed by atoms with E-state index < -0.39 is 0 Å². The van der Waals surface area contributed by atoms with Gasteiger partial charge in [0.2, 0.25) is 0 Å². The van der Waals surface area contributed by atoms with E-state index in [1.165, 1.54) is 16.7 Å². The molecule has 2 rings (SSSR count). The maximum Gasteiger partial charge on any atom is 0.122 e. The fourth-order valence-electron chi connectivity index (χ4n) is 2.49. The number of aliphatic hydroxyl groups excluding tert-OH is 1. The molecule has 0 fully saturated rings. The molecule has 1 unspecified atom stereocenters.